The predicted octanol–water partition coefficient (Wildman–Crippen LogP) is 3.19. The van der Waals surface area contributed by atoms with E-state index in [1.807, 2.05) is 26.0 Å². The second-order valence-corrected chi connectivity index (χ2v) is 5.30. The van der Waals surface area contributed by atoms with Gasteiger partial charge in [0.25, 0.3) is 5.69 Å². The Morgan fingerprint density at radius 2 is 1.80 bits per heavy atom. The smallest absolute Gasteiger partial charge is 0.272 e. The van der Waals surface area contributed by atoms with E-state index in [1.165, 1.54) is 23.9 Å². The lowest BCUT2D eigenvalue weighted by atomic mass is 10.3. The van der Waals surface area contributed by atoms with Gasteiger partial charge in [-0.3, -0.25) is 10.1 Å². The quantitative estimate of drug-likeness (QED) is 0.529. The third kappa shape index (κ3) is 3.45. The van der Waals surface area contributed by atoms with Gasteiger partial charge in [0.2, 0.25) is 0 Å². The van der Waals surface area contributed by atoms with Crippen molar-refractivity contribution in [3.8, 4) is 0 Å². The monoisotopic (exact) mass is 290 g/mol. The zero-order chi connectivity index (χ0) is 14.7. The maximum absolute atomic E-state index is 10.9. The number of aryl methyl sites for hydroxylation is 2. The molecule has 7 heteroatoms. The molecule has 0 aliphatic carbocycles. The molecule has 6 nitrogen and oxygen atoms in total. The zero-order valence-corrected chi connectivity index (χ0v) is 12.2. The van der Waals surface area contributed by atoms with E-state index in [1.54, 1.807) is 7.05 Å². The molecular formula is C13H14N4O2S. The number of nitrogens with one attached hydrogen (secondary N) is 1. The topological polar surface area (TPSA) is 81.0 Å². The lowest BCUT2D eigenvalue weighted by Gasteiger charge is -2.06. The first-order valence-electron chi connectivity index (χ1n) is 5.95. The molecule has 0 saturated carbocycles. The van der Waals surface area contributed by atoms with Gasteiger partial charge in [0.05, 0.1) is 4.92 Å². The molecule has 2 rings (SSSR count). The summed E-state index contributed by atoms with van der Waals surface area (Å²) < 4.78 is 0. The standard InChI is InChI=1S/C13H14N4O2S/c1-8-4-9(2)16-13(15-8)20-12-6-10(14-3)5-11(7-12)17(18)19/h4-7,14H,1-3H3. The minimum absolute atomic E-state index is 0.0451. The fourth-order valence-electron chi connectivity index (χ4n) is 1.74. The van der Waals surface area contributed by atoms with Crippen LogP contribution < -0.4 is 5.32 Å². The summed E-state index contributed by atoms with van der Waals surface area (Å²) in [5, 5.41) is 14.4. The molecule has 0 aliphatic rings. The van der Waals surface area contributed by atoms with Crippen LogP contribution in [0.2, 0.25) is 0 Å². The van der Waals surface area contributed by atoms with E-state index in [0.29, 0.717) is 10.8 Å². The molecule has 0 saturated heterocycles. The van der Waals surface area contributed by atoms with Gasteiger partial charge < -0.3 is 5.32 Å². The highest BCUT2D eigenvalue weighted by Crippen LogP contribution is 2.31. The largest absolute Gasteiger partial charge is 0.388 e. The molecule has 0 aliphatic heterocycles. The zero-order valence-electron chi connectivity index (χ0n) is 11.4. The van der Waals surface area contributed by atoms with Crippen molar-refractivity contribution in [3.63, 3.8) is 0 Å². The second-order valence-electron chi connectivity index (χ2n) is 4.26. The molecule has 1 N–H and O–H groups in total. The van der Waals surface area contributed by atoms with Gasteiger partial charge in [0, 0.05) is 41.2 Å². The van der Waals surface area contributed by atoms with Gasteiger partial charge >= 0.3 is 0 Å². The van der Waals surface area contributed by atoms with E-state index in [9.17, 15) is 10.1 Å². The SMILES string of the molecule is CNc1cc(Sc2nc(C)cc(C)n2)cc([N+](=O)[O-])c1. The van der Waals surface area contributed by atoms with Gasteiger partial charge in [-0.2, -0.15) is 0 Å². The molecule has 0 amide bonds. The Morgan fingerprint density at radius 3 is 2.35 bits per heavy atom. The molecule has 20 heavy (non-hydrogen) atoms. The minimum Gasteiger partial charge on any atom is -0.388 e. The van der Waals surface area contributed by atoms with Crippen LogP contribution in [0.4, 0.5) is 11.4 Å². The minimum atomic E-state index is -0.409. The fraction of sp³-hybridized carbons (Fsp3) is 0.231. The van der Waals surface area contributed by atoms with Crippen LogP contribution in [0.3, 0.4) is 0 Å². The summed E-state index contributed by atoms with van der Waals surface area (Å²) in [7, 11) is 1.72. The summed E-state index contributed by atoms with van der Waals surface area (Å²) >= 11 is 1.31. The number of nitrogens with zero attached hydrogens (tertiary/aromatic N) is 3. The molecule has 0 unspecified atom stereocenters. The lowest BCUT2D eigenvalue weighted by Crippen LogP contribution is -1.95. The Balaban J connectivity index is 2.37. The van der Waals surface area contributed by atoms with Crippen LogP contribution in [-0.4, -0.2) is 21.9 Å². The predicted molar refractivity (Wildman–Crippen MR) is 78.3 cm³/mol. The van der Waals surface area contributed by atoms with Gasteiger partial charge in [-0.05, 0) is 37.7 Å². The van der Waals surface area contributed by atoms with Crippen LogP contribution in [-0.2, 0) is 0 Å². The average Bonchev–Trinajstić information content (AvgIpc) is 2.36. The number of hydrogen-bond acceptors (Lipinski definition) is 6. The maximum atomic E-state index is 10.9. The first-order valence-corrected chi connectivity index (χ1v) is 6.77. The van der Waals surface area contributed by atoms with Crippen molar-refractivity contribution < 1.29 is 4.92 Å². The van der Waals surface area contributed by atoms with Crippen LogP contribution in [0, 0.1) is 24.0 Å². The van der Waals surface area contributed by atoms with Crippen LogP contribution >= 0.6 is 11.8 Å². The average molecular weight is 290 g/mol. The van der Waals surface area contributed by atoms with Crippen LogP contribution in [0.5, 0.6) is 0 Å². The van der Waals surface area contributed by atoms with Crippen molar-refractivity contribution >= 4 is 23.1 Å². The van der Waals surface area contributed by atoms with E-state index >= 15 is 0 Å². The van der Waals surface area contributed by atoms with Crippen molar-refractivity contribution in [1.29, 1.82) is 0 Å². The number of rotatable bonds is 4. The van der Waals surface area contributed by atoms with E-state index < -0.39 is 4.92 Å². The number of hydrogen-bond donors (Lipinski definition) is 1. The third-order valence-electron chi connectivity index (χ3n) is 2.56. The molecule has 0 atom stereocenters. The van der Waals surface area contributed by atoms with Gasteiger partial charge in [-0.1, -0.05) is 0 Å². The number of aromatic nitrogens is 2. The molecule has 1 aromatic heterocycles. The molecule has 0 radical (unpaired) electrons. The summed E-state index contributed by atoms with van der Waals surface area (Å²) in [4.78, 5) is 19.9. The summed E-state index contributed by atoms with van der Waals surface area (Å²) in [6, 6.07) is 6.73. The normalized spacial score (nSPS) is 10.3. The van der Waals surface area contributed by atoms with E-state index in [2.05, 4.69) is 15.3 Å². The van der Waals surface area contributed by atoms with Crippen molar-refractivity contribution in [1.82, 2.24) is 9.97 Å². The first kappa shape index (κ1) is 14.3. The number of anilines is 1. The Hall–Kier alpha value is -2.15. The van der Waals surface area contributed by atoms with Crippen molar-refractivity contribution in [3.05, 3.63) is 45.8 Å². The highest BCUT2D eigenvalue weighted by molar-refractivity contribution is 7.99. The van der Waals surface area contributed by atoms with E-state index in [0.717, 1.165) is 16.3 Å². The lowest BCUT2D eigenvalue weighted by molar-refractivity contribution is -0.385. The Labute approximate surface area is 120 Å². The Kier molecular flexibility index (Phi) is 4.19. The van der Waals surface area contributed by atoms with Gasteiger partial charge in [0.1, 0.15) is 0 Å². The molecule has 2 aromatic rings. The summed E-state index contributed by atoms with van der Waals surface area (Å²) in [6.07, 6.45) is 0. The van der Waals surface area contributed by atoms with Crippen molar-refractivity contribution in [2.24, 2.45) is 0 Å². The molecule has 1 aromatic carbocycles. The summed E-state index contributed by atoms with van der Waals surface area (Å²) in [5.74, 6) is 0. The van der Waals surface area contributed by atoms with Crippen molar-refractivity contribution in [2.75, 3.05) is 12.4 Å². The maximum Gasteiger partial charge on any atom is 0.272 e. The van der Waals surface area contributed by atoms with E-state index in [-0.39, 0.29) is 5.69 Å². The molecular weight excluding hydrogens is 276 g/mol. The molecule has 0 spiro atoms. The molecule has 1 heterocycles. The molecule has 0 bridgehead atoms. The highest BCUT2D eigenvalue weighted by Gasteiger charge is 2.11. The summed E-state index contributed by atoms with van der Waals surface area (Å²) in [5.41, 5.74) is 2.48. The molecule has 0 fully saturated rings. The second kappa shape index (κ2) is 5.87. The van der Waals surface area contributed by atoms with Crippen LogP contribution in [0.15, 0.2) is 34.3 Å². The number of non-ortho nitro benzene ring substituents is 1. The van der Waals surface area contributed by atoms with Gasteiger partial charge in [0.15, 0.2) is 5.16 Å². The van der Waals surface area contributed by atoms with E-state index in [4.69, 9.17) is 0 Å². The van der Waals surface area contributed by atoms with Gasteiger partial charge in [-0.25, -0.2) is 9.97 Å². The Bertz CT molecular complexity index is 641. The number of benzene rings is 1. The Morgan fingerprint density at radius 1 is 1.15 bits per heavy atom. The highest BCUT2D eigenvalue weighted by atomic mass is 32.2. The summed E-state index contributed by atoms with van der Waals surface area (Å²) in [6.45, 7) is 3.79. The fourth-order valence-corrected chi connectivity index (χ4v) is 2.69. The third-order valence-corrected chi connectivity index (χ3v) is 3.40. The van der Waals surface area contributed by atoms with Crippen LogP contribution in [0.25, 0.3) is 0 Å². The number of nitro benzene ring substituents is 1. The van der Waals surface area contributed by atoms with Crippen molar-refractivity contribution in [2.45, 2.75) is 23.9 Å². The number of nitro groups is 1. The van der Waals surface area contributed by atoms with Crippen LogP contribution in [0.1, 0.15) is 11.4 Å². The van der Waals surface area contributed by atoms with Gasteiger partial charge in [-0.15, -0.1) is 0 Å². The molecule has 104 valence electrons. The first-order chi connectivity index (χ1) is 9.47.